The zero-order chi connectivity index (χ0) is 7.84. The smallest absolute Gasteiger partial charge is 0.169 e. The number of hydrogen-bond acceptors (Lipinski definition) is 3. The maximum Gasteiger partial charge on any atom is 0.169 e. The fourth-order valence-corrected chi connectivity index (χ4v) is 1.12. The summed E-state index contributed by atoms with van der Waals surface area (Å²) in [7, 11) is 0. The van der Waals surface area contributed by atoms with Gasteiger partial charge in [-0.1, -0.05) is 12.2 Å². The Labute approximate surface area is 67.4 Å². The average Bonchev–Trinajstić information content (AvgIpc) is 2.33. The minimum Gasteiger partial charge on any atom is -0.380 e. The highest BCUT2D eigenvalue weighted by Gasteiger charge is 1.99. The molecule has 2 aromatic rings. The van der Waals surface area contributed by atoms with Gasteiger partial charge >= 0.3 is 0 Å². The van der Waals surface area contributed by atoms with Gasteiger partial charge in [-0.15, -0.1) is 0 Å². The molecule has 4 N–H and O–H groups in total. The van der Waals surface area contributed by atoms with Crippen molar-refractivity contribution in [1.82, 2.24) is 15.2 Å². The van der Waals surface area contributed by atoms with Crippen molar-refractivity contribution < 1.29 is 0 Å². The SMILES string of the molecule is Nc1n[nH]c2ccc(=S)[nH]c12. The number of aromatic nitrogens is 3. The lowest BCUT2D eigenvalue weighted by atomic mass is 10.4. The number of hydrogen-bond donors (Lipinski definition) is 3. The number of rotatable bonds is 0. The Morgan fingerprint density at radius 1 is 1.45 bits per heavy atom. The zero-order valence-corrected chi connectivity index (χ0v) is 6.40. The molecule has 0 radical (unpaired) electrons. The quantitative estimate of drug-likeness (QED) is 0.515. The normalized spacial score (nSPS) is 10.5. The Balaban J connectivity index is 2.98. The highest BCUT2D eigenvalue weighted by molar-refractivity contribution is 7.71. The van der Waals surface area contributed by atoms with Crippen molar-refractivity contribution in [3.05, 3.63) is 16.8 Å². The first-order chi connectivity index (χ1) is 5.27. The second-order valence-electron chi connectivity index (χ2n) is 2.22. The Hall–Kier alpha value is -1.36. The van der Waals surface area contributed by atoms with E-state index in [0.717, 1.165) is 11.0 Å². The molecule has 0 unspecified atom stereocenters. The molecule has 5 heteroatoms. The number of nitrogens with two attached hydrogens (primary N) is 1. The number of pyridine rings is 1. The van der Waals surface area contributed by atoms with E-state index >= 15 is 0 Å². The molecular weight excluding hydrogens is 160 g/mol. The second-order valence-corrected chi connectivity index (χ2v) is 2.66. The van der Waals surface area contributed by atoms with E-state index in [1.54, 1.807) is 6.07 Å². The Morgan fingerprint density at radius 2 is 2.27 bits per heavy atom. The molecule has 0 fully saturated rings. The van der Waals surface area contributed by atoms with Gasteiger partial charge in [0.05, 0.1) is 5.52 Å². The summed E-state index contributed by atoms with van der Waals surface area (Å²) in [5.74, 6) is 0.451. The van der Waals surface area contributed by atoms with E-state index in [-0.39, 0.29) is 0 Å². The van der Waals surface area contributed by atoms with Crippen LogP contribution in [-0.4, -0.2) is 15.2 Å². The van der Waals surface area contributed by atoms with Crippen LogP contribution in [0.5, 0.6) is 0 Å². The molecule has 2 heterocycles. The first kappa shape index (κ1) is 6.36. The van der Waals surface area contributed by atoms with Crippen molar-refractivity contribution in [3.8, 4) is 0 Å². The van der Waals surface area contributed by atoms with Gasteiger partial charge in [-0.2, -0.15) is 5.10 Å². The first-order valence-electron chi connectivity index (χ1n) is 3.10. The van der Waals surface area contributed by atoms with E-state index in [2.05, 4.69) is 15.2 Å². The van der Waals surface area contributed by atoms with Gasteiger partial charge in [-0.3, -0.25) is 5.10 Å². The fraction of sp³-hybridized carbons (Fsp3) is 0. The summed E-state index contributed by atoms with van der Waals surface area (Å²) in [5.41, 5.74) is 7.17. The molecule has 0 aliphatic heterocycles. The van der Waals surface area contributed by atoms with Crippen molar-refractivity contribution in [2.24, 2.45) is 0 Å². The molecule has 0 saturated carbocycles. The van der Waals surface area contributed by atoms with Gasteiger partial charge in [-0.05, 0) is 12.1 Å². The summed E-state index contributed by atoms with van der Waals surface area (Å²) in [6.07, 6.45) is 0. The van der Waals surface area contributed by atoms with E-state index in [9.17, 15) is 0 Å². The maximum atomic E-state index is 5.53. The molecule has 0 spiro atoms. The van der Waals surface area contributed by atoms with Gasteiger partial charge in [0.2, 0.25) is 0 Å². The third-order valence-corrected chi connectivity index (χ3v) is 1.71. The lowest BCUT2D eigenvalue weighted by molar-refractivity contribution is 1.13. The lowest BCUT2D eigenvalue weighted by Crippen LogP contribution is -1.85. The van der Waals surface area contributed by atoms with Crippen LogP contribution >= 0.6 is 12.2 Å². The molecule has 0 amide bonds. The Morgan fingerprint density at radius 3 is 3.09 bits per heavy atom. The highest BCUT2D eigenvalue weighted by Crippen LogP contribution is 2.13. The molecule has 0 bridgehead atoms. The number of aromatic amines is 2. The summed E-state index contributed by atoms with van der Waals surface area (Å²) in [4.78, 5) is 2.93. The first-order valence-corrected chi connectivity index (χ1v) is 3.51. The molecule has 0 aromatic carbocycles. The largest absolute Gasteiger partial charge is 0.380 e. The molecule has 2 aromatic heterocycles. The van der Waals surface area contributed by atoms with Crippen LogP contribution in [0.15, 0.2) is 12.1 Å². The molecule has 0 saturated heterocycles. The number of H-pyrrole nitrogens is 2. The van der Waals surface area contributed by atoms with Crippen LogP contribution in [0.2, 0.25) is 0 Å². The number of anilines is 1. The molecule has 2 rings (SSSR count). The van der Waals surface area contributed by atoms with Gasteiger partial charge in [0.25, 0.3) is 0 Å². The number of nitrogens with one attached hydrogen (secondary N) is 2. The van der Waals surface area contributed by atoms with Gasteiger partial charge in [0, 0.05) is 0 Å². The van der Waals surface area contributed by atoms with Crippen LogP contribution in [-0.2, 0) is 0 Å². The minimum absolute atomic E-state index is 0.451. The van der Waals surface area contributed by atoms with E-state index in [1.807, 2.05) is 6.07 Å². The molecule has 0 aliphatic rings. The lowest BCUT2D eigenvalue weighted by Gasteiger charge is -1.87. The van der Waals surface area contributed by atoms with Crippen LogP contribution in [0.4, 0.5) is 5.82 Å². The van der Waals surface area contributed by atoms with Crippen LogP contribution in [0.3, 0.4) is 0 Å². The van der Waals surface area contributed by atoms with Crippen molar-refractivity contribution in [1.29, 1.82) is 0 Å². The molecular formula is C6H6N4S. The van der Waals surface area contributed by atoms with Crippen LogP contribution in [0.25, 0.3) is 11.0 Å². The standard InChI is InChI=1S/C6H6N4S/c7-6-5-3(9-10-6)1-2-4(11)8-5/h1-2H,(H,8,11)(H3,7,9,10). The van der Waals surface area contributed by atoms with Crippen molar-refractivity contribution >= 4 is 29.1 Å². The Bertz CT molecular complexity index is 441. The van der Waals surface area contributed by atoms with Gasteiger partial charge in [0.1, 0.15) is 10.2 Å². The molecule has 0 aliphatic carbocycles. The van der Waals surface area contributed by atoms with E-state index in [4.69, 9.17) is 18.0 Å². The van der Waals surface area contributed by atoms with E-state index in [0.29, 0.717) is 10.5 Å². The van der Waals surface area contributed by atoms with Gasteiger partial charge in [0.15, 0.2) is 5.82 Å². The third kappa shape index (κ3) is 0.894. The number of nitrogens with zero attached hydrogens (tertiary/aromatic N) is 1. The summed E-state index contributed by atoms with van der Waals surface area (Å²) in [6, 6.07) is 3.63. The highest BCUT2D eigenvalue weighted by atomic mass is 32.1. The second kappa shape index (κ2) is 2.06. The topological polar surface area (TPSA) is 70.5 Å². The van der Waals surface area contributed by atoms with Gasteiger partial charge in [-0.25, -0.2) is 0 Å². The molecule has 56 valence electrons. The third-order valence-electron chi connectivity index (χ3n) is 1.47. The number of fused-ring (bicyclic) bond motifs is 1. The van der Waals surface area contributed by atoms with Crippen molar-refractivity contribution in [2.75, 3.05) is 5.73 Å². The summed E-state index contributed by atoms with van der Waals surface area (Å²) in [5, 5.41) is 6.57. The van der Waals surface area contributed by atoms with Crippen LogP contribution in [0.1, 0.15) is 0 Å². The maximum absolute atomic E-state index is 5.53. The van der Waals surface area contributed by atoms with Crippen LogP contribution in [0, 0.1) is 4.64 Å². The Kier molecular flexibility index (Phi) is 1.19. The zero-order valence-electron chi connectivity index (χ0n) is 5.59. The minimum atomic E-state index is 0.451. The van der Waals surface area contributed by atoms with Crippen molar-refractivity contribution in [2.45, 2.75) is 0 Å². The van der Waals surface area contributed by atoms with Crippen LogP contribution < -0.4 is 5.73 Å². The summed E-state index contributed by atoms with van der Waals surface area (Å²) < 4.78 is 0.658. The van der Waals surface area contributed by atoms with E-state index < -0.39 is 0 Å². The predicted octanol–water partition coefficient (Wildman–Crippen LogP) is 1.20. The summed E-state index contributed by atoms with van der Waals surface area (Å²) in [6.45, 7) is 0. The molecule has 11 heavy (non-hydrogen) atoms. The monoisotopic (exact) mass is 166 g/mol. The average molecular weight is 166 g/mol. The summed E-state index contributed by atoms with van der Waals surface area (Å²) >= 11 is 4.91. The van der Waals surface area contributed by atoms with Crippen molar-refractivity contribution in [3.63, 3.8) is 0 Å². The molecule has 0 atom stereocenters. The van der Waals surface area contributed by atoms with E-state index in [1.165, 1.54) is 0 Å². The number of nitrogen functional groups attached to an aromatic ring is 1. The predicted molar refractivity (Wildman–Crippen MR) is 45.7 cm³/mol. The fourth-order valence-electron chi connectivity index (χ4n) is 0.946. The van der Waals surface area contributed by atoms with Gasteiger partial charge < -0.3 is 10.7 Å². The molecule has 4 nitrogen and oxygen atoms in total.